The fourth-order valence-corrected chi connectivity index (χ4v) is 17.1. The zero-order valence-corrected chi connectivity index (χ0v) is 62.1. The number of rotatable bonds is 34. The SMILES string of the molecule is CC(=NCC1(C)CC2(C)CC(C)(C)CC(OCCN(C)C(=O)OCc3ccc(OC4CC(O)CC(C(=O)O)O4)cc3OCCOCCNC(=O)C(CS(=O)O)NC(=O)CCCCCN3C(=O)C=CC3=O)(C1)C2)C(=CN)c1ccc(N2CCc3cccc(C(=O)Nc4nc5ccccc5s4)c3C2)nc1C(=O)O. The Hall–Kier alpha value is -9.24. The summed E-state index contributed by atoms with van der Waals surface area (Å²) in [7, 11) is 1.61. The zero-order valence-electron chi connectivity index (χ0n) is 60.4. The molecular formula is C75H94N10O19S2. The fraction of sp³-hybridized carbons (Fsp3) is 0.507. The second kappa shape index (κ2) is 35.0. The molecule has 5 heterocycles. The number of unbranched alkanes of at least 4 members (excludes halogenated alkanes) is 2. The Labute approximate surface area is 620 Å². The maximum atomic E-state index is 13.8. The standard InChI is InChI=1S/C75H94N10O19S2/c1-46(53(36-76)51-20-21-60(81-65(51)69(94)95)84-27-24-47-13-12-14-52(54(47)37-84)66(90)82-70-80-55-15-9-10-16-59(55)105-70)78-45-74(5)42-73(4)40-72(2,3)41-75(43-73,44-74)102-30-28-83(6)71(96)101-38-48-18-19-50(103-64-34-49(86)33-58(104-64)68(92)93)35-57(48)100-32-31-99-29-25-77-67(91)56(39-106(97)98)79-61(87)17-8-7-11-26-85-62(88)22-23-63(85)89/h9-10,12-16,18-23,35-36,49,56,58,64,86H,7-8,11,17,24-34,37-45,76H2,1-6H3,(H,77,91)(H,79,87)(H,92,93)(H,94,95)(H,97,98)(H,80,82,90). The Bertz CT molecular complexity index is 4170. The molecule has 29 nitrogen and oxygen atoms in total. The third kappa shape index (κ3) is 20.9. The van der Waals surface area contributed by atoms with Crippen LogP contribution in [0.2, 0.25) is 0 Å². The number of aliphatic hydroxyl groups excluding tert-OH is 1. The number of aliphatic carboxylic acids is 1. The monoisotopic (exact) mass is 1500 g/mol. The molecule has 8 unspecified atom stereocenters. The van der Waals surface area contributed by atoms with Gasteiger partial charge in [0.25, 0.3) is 17.7 Å². The van der Waals surface area contributed by atoms with Crippen LogP contribution in [0, 0.1) is 16.2 Å². The molecule has 5 aliphatic rings. The highest BCUT2D eigenvalue weighted by Crippen LogP contribution is 2.63. The summed E-state index contributed by atoms with van der Waals surface area (Å²) >= 11 is -1.04. The van der Waals surface area contributed by atoms with Gasteiger partial charge < -0.3 is 74.5 Å². The van der Waals surface area contributed by atoms with Crippen LogP contribution in [0.15, 0.2) is 96.1 Å². The molecule has 3 aromatic carbocycles. The van der Waals surface area contributed by atoms with Crippen molar-refractivity contribution in [2.45, 2.75) is 155 Å². The Balaban J connectivity index is 0.725. The number of carbonyl (C=O) groups is 8. The van der Waals surface area contributed by atoms with Gasteiger partial charge in [0.2, 0.25) is 18.1 Å². The van der Waals surface area contributed by atoms with E-state index in [4.69, 9.17) is 44.1 Å². The van der Waals surface area contributed by atoms with Crippen molar-refractivity contribution in [2.75, 3.05) is 82.2 Å². The zero-order chi connectivity index (χ0) is 76.1. The quantitative estimate of drug-likeness (QED) is 0.00835. The van der Waals surface area contributed by atoms with Crippen molar-refractivity contribution in [1.82, 2.24) is 30.4 Å². The predicted molar refractivity (Wildman–Crippen MR) is 395 cm³/mol. The lowest BCUT2D eigenvalue weighted by Gasteiger charge is -2.61. The lowest BCUT2D eigenvalue weighted by Crippen LogP contribution is -2.57. The van der Waals surface area contributed by atoms with Gasteiger partial charge in [-0.15, -0.1) is 0 Å². The third-order valence-electron chi connectivity index (χ3n) is 19.6. The molecule has 2 aromatic heterocycles. The van der Waals surface area contributed by atoms with Crippen molar-refractivity contribution < 1.29 is 90.9 Å². The number of carboxylic acids is 2. The number of nitrogens with two attached hydrogens (primary N) is 1. The number of benzene rings is 3. The molecule has 2 aliphatic carbocycles. The molecule has 31 heteroatoms. The van der Waals surface area contributed by atoms with E-state index in [0.29, 0.717) is 90.7 Å². The van der Waals surface area contributed by atoms with Crippen molar-refractivity contribution in [1.29, 1.82) is 0 Å². The Morgan fingerprint density at radius 2 is 1.68 bits per heavy atom. The molecule has 0 spiro atoms. The smallest absolute Gasteiger partial charge is 0.409 e. The Morgan fingerprint density at radius 1 is 0.896 bits per heavy atom. The summed E-state index contributed by atoms with van der Waals surface area (Å²) < 4.78 is 58.6. The van der Waals surface area contributed by atoms with E-state index in [1.165, 1.54) is 40.7 Å². The van der Waals surface area contributed by atoms with Gasteiger partial charge in [0.1, 0.15) is 36.6 Å². The van der Waals surface area contributed by atoms with Crippen molar-refractivity contribution in [3.63, 3.8) is 0 Å². The number of aliphatic hydroxyl groups is 1. The van der Waals surface area contributed by atoms with Gasteiger partial charge in [-0.3, -0.25) is 39.2 Å². The van der Waals surface area contributed by atoms with Crippen molar-refractivity contribution in [3.8, 4) is 11.5 Å². The summed E-state index contributed by atoms with van der Waals surface area (Å²) in [6.07, 6.45) is 5.49. The van der Waals surface area contributed by atoms with Crippen LogP contribution in [0.5, 0.6) is 11.5 Å². The number of hydrogen-bond acceptors (Lipinski definition) is 22. The maximum absolute atomic E-state index is 13.8. The highest BCUT2D eigenvalue weighted by molar-refractivity contribution is 7.79. The molecule has 6 amide bonds. The predicted octanol–water partition coefficient (Wildman–Crippen LogP) is 8.04. The van der Waals surface area contributed by atoms with Gasteiger partial charge in [-0.25, -0.2) is 28.6 Å². The highest BCUT2D eigenvalue weighted by Gasteiger charge is 2.58. The number of thiazole rings is 1. The molecule has 2 bridgehead atoms. The second-order valence-electron chi connectivity index (χ2n) is 29.3. The average molecular weight is 1500 g/mol. The molecule has 2 saturated carbocycles. The normalized spacial score (nSPS) is 22.6. The molecule has 0 radical (unpaired) electrons. The number of ether oxygens (including phenoxy) is 6. The number of likely N-dealkylation sites (N-methyl/N-ethyl adjacent to an activating group) is 1. The largest absolute Gasteiger partial charge is 0.491 e. The van der Waals surface area contributed by atoms with Gasteiger partial charge in [0.05, 0.1) is 47.5 Å². The number of imide groups is 1. The lowest BCUT2D eigenvalue weighted by atomic mass is 9.48. The first-order chi connectivity index (χ1) is 50.5. The molecule has 8 atom stereocenters. The molecule has 570 valence electrons. The van der Waals surface area contributed by atoms with Gasteiger partial charge in [-0.05, 0) is 128 Å². The van der Waals surface area contributed by atoms with Crippen LogP contribution in [-0.2, 0) is 73.6 Å². The Morgan fingerprint density at radius 3 is 2.42 bits per heavy atom. The van der Waals surface area contributed by atoms with Crippen LogP contribution in [0.4, 0.5) is 15.7 Å². The summed E-state index contributed by atoms with van der Waals surface area (Å²) in [6, 6.07) is 20.2. The summed E-state index contributed by atoms with van der Waals surface area (Å²) in [4.78, 5) is 121. The number of aromatic carboxylic acids is 1. The summed E-state index contributed by atoms with van der Waals surface area (Å²) in [6.45, 7) is 12.2. The van der Waals surface area contributed by atoms with E-state index < -0.39 is 88.6 Å². The minimum absolute atomic E-state index is 0.00308. The number of aliphatic imine (C=N–C) groups is 1. The van der Waals surface area contributed by atoms with Crippen LogP contribution >= 0.6 is 11.3 Å². The fourth-order valence-electron chi connectivity index (χ4n) is 15.8. The first-order valence-electron chi connectivity index (χ1n) is 35.5. The first-order valence-corrected chi connectivity index (χ1v) is 37.6. The van der Waals surface area contributed by atoms with Gasteiger partial charge >= 0.3 is 18.0 Å². The van der Waals surface area contributed by atoms with E-state index in [9.17, 15) is 62.4 Å². The van der Waals surface area contributed by atoms with Crippen LogP contribution < -0.4 is 36.1 Å². The van der Waals surface area contributed by atoms with Crippen LogP contribution in [0.3, 0.4) is 0 Å². The number of pyridine rings is 1. The number of carbonyl (C=O) groups excluding carboxylic acids is 6. The number of aromatic nitrogens is 2. The van der Waals surface area contributed by atoms with Gasteiger partial charge in [0.15, 0.2) is 28.0 Å². The number of anilines is 2. The van der Waals surface area contributed by atoms with Gasteiger partial charge in [0, 0.05) is 118 Å². The first kappa shape index (κ1) is 79.3. The molecule has 9 N–H and O–H groups in total. The number of fused-ring (bicyclic) bond motifs is 4. The minimum Gasteiger partial charge on any atom is -0.491 e. The number of nitrogens with one attached hydrogen (secondary N) is 3. The molecule has 106 heavy (non-hydrogen) atoms. The molecule has 1 saturated heterocycles. The van der Waals surface area contributed by atoms with Crippen LogP contribution in [0.1, 0.15) is 148 Å². The second-order valence-corrected chi connectivity index (χ2v) is 31.3. The summed E-state index contributed by atoms with van der Waals surface area (Å²) in [5, 5.41) is 39.3. The average Bonchev–Trinajstić information content (AvgIpc) is 0.800. The number of hydrogen-bond donors (Lipinski definition) is 8. The number of para-hydroxylation sites is 1. The summed E-state index contributed by atoms with van der Waals surface area (Å²) in [5.41, 5.74) is 9.83. The van der Waals surface area contributed by atoms with Crippen molar-refractivity contribution >= 4 is 102 Å². The molecule has 10 rings (SSSR count). The minimum atomic E-state index is -2.43. The number of carboxylic acid groups (broad SMARTS) is 2. The molecule has 3 fully saturated rings. The van der Waals surface area contributed by atoms with Crippen LogP contribution in [-0.4, -0.2) is 199 Å². The Kier molecular flexibility index (Phi) is 26.2. The van der Waals surface area contributed by atoms with Crippen molar-refractivity contribution in [3.05, 3.63) is 125 Å². The number of nitrogens with zero attached hydrogens (tertiary/aromatic N) is 6. The van der Waals surface area contributed by atoms with Crippen molar-refractivity contribution in [2.24, 2.45) is 27.0 Å². The van der Waals surface area contributed by atoms with E-state index in [1.54, 1.807) is 37.4 Å². The third-order valence-corrected chi connectivity index (χ3v) is 21.1. The molecular weight excluding hydrogens is 1410 g/mol. The summed E-state index contributed by atoms with van der Waals surface area (Å²) in [5.74, 6) is -4.54. The number of amides is 6. The highest BCUT2D eigenvalue weighted by atomic mass is 32.2. The van der Waals surface area contributed by atoms with E-state index in [0.717, 1.165) is 51.9 Å². The van der Waals surface area contributed by atoms with E-state index in [1.807, 2.05) is 48.2 Å². The molecule has 3 aliphatic heterocycles. The van der Waals surface area contributed by atoms with E-state index in [-0.39, 0.29) is 111 Å². The lowest BCUT2D eigenvalue weighted by molar-refractivity contribution is -0.195. The topological polar surface area (TPSA) is 400 Å². The number of allylic oxidation sites excluding steroid dienone is 1. The van der Waals surface area contributed by atoms with Gasteiger partial charge in [-0.2, -0.15) is 0 Å². The van der Waals surface area contributed by atoms with Gasteiger partial charge in [-0.1, -0.05) is 69.7 Å². The van der Waals surface area contributed by atoms with E-state index >= 15 is 0 Å². The maximum Gasteiger partial charge on any atom is 0.409 e. The van der Waals surface area contributed by atoms with E-state index in [2.05, 4.69) is 48.6 Å². The van der Waals surface area contributed by atoms with Crippen LogP contribution in [0.25, 0.3) is 15.8 Å². The molecule has 5 aromatic rings.